The van der Waals surface area contributed by atoms with Gasteiger partial charge in [-0.3, -0.25) is 4.79 Å². The molecule has 1 amide bonds. The van der Waals surface area contributed by atoms with Gasteiger partial charge in [0.15, 0.2) is 0 Å². The lowest BCUT2D eigenvalue weighted by molar-refractivity contribution is -0.170. The molecular weight excluding hydrogens is 197 g/mol. The van der Waals surface area contributed by atoms with E-state index in [9.17, 15) is 18.8 Å². The Morgan fingerprint density at radius 2 is 1.57 bits per heavy atom. The molecule has 0 aliphatic heterocycles. The summed E-state index contributed by atoms with van der Waals surface area (Å²) in [7, 11) is 2.54. The number of nitrogens with zero attached hydrogens (tertiary/aromatic N) is 1. The van der Waals surface area contributed by atoms with Crippen molar-refractivity contribution in [3.05, 3.63) is 0 Å². The number of hydrogen-bond donors (Lipinski definition) is 2. The summed E-state index contributed by atoms with van der Waals surface area (Å²) in [6, 6.07) is 0. The number of hydrogen-bond acceptors (Lipinski definition) is 3. The zero-order valence-electron chi connectivity index (χ0n) is 7.65. The normalized spacial score (nSPS) is 10.8. The summed E-state index contributed by atoms with van der Waals surface area (Å²) in [4.78, 5) is 32.4. The van der Waals surface area contributed by atoms with E-state index >= 15 is 0 Å². The molecule has 0 aliphatic carbocycles. The number of rotatable bonds is 4. The van der Waals surface area contributed by atoms with E-state index in [4.69, 9.17) is 10.2 Å². The molecule has 0 atom stereocenters. The van der Waals surface area contributed by atoms with Crippen LogP contribution in [0.5, 0.6) is 0 Å². The van der Waals surface area contributed by atoms with Crippen molar-refractivity contribution in [1.82, 2.24) is 4.90 Å². The summed E-state index contributed by atoms with van der Waals surface area (Å²) < 4.78 is 13.2. The van der Waals surface area contributed by atoms with Gasteiger partial charge in [-0.1, -0.05) is 0 Å². The van der Waals surface area contributed by atoms with E-state index in [1.807, 2.05) is 0 Å². The van der Waals surface area contributed by atoms with Crippen LogP contribution < -0.4 is 0 Å². The smallest absolute Gasteiger partial charge is 0.353 e. The number of carbonyl (C=O) groups excluding carboxylic acids is 1. The van der Waals surface area contributed by atoms with Crippen LogP contribution in [0.4, 0.5) is 4.39 Å². The van der Waals surface area contributed by atoms with Gasteiger partial charge < -0.3 is 15.1 Å². The first-order chi connectivity index (χ1) is 6.21. The fourth-order valence-corrected chi connectivity index (χ4v) is 0.609. The van der Waals surface area contributed by atoms with Gasteiger partial charge in [0.2, 0.25) is 5.91 Å². The molecule has 14 heavy (non-hydrogen) atoms. The van der Waals surface area contributed by atoms with Crippen molar-refractivity contribution in [2.24, 2.45) is 0 Å². The molecule has 0 fully saturated rings. The van der Waals surface area contributed by atoms with E-state index in [1.165, 1.54) is 14.1 Å². The largest absolute Gasteiger partial charge is 0.478 e. The second-order valence-corrected chi connectivity index (χ2v) is 2.88. The van der Waals surface area contributed by atoms with Gasteiger partial charge in [-0.05, 0) is 0 Å². The van der Waals surface area contributed by atoms with Gasteiger partial charge in [0.1, 0.15) is 0 Å². The maximum absolute atomic E-state index is 13.2. The first-order valence-electron chi connectivity index (χ1n) is 3.57. The summed E-state index contributed by atoms with van der Waals surface area (Å²) in [6.45, 7) is 0. The molecule has 6 nitrogen and oxygen atoms in total. The minimum atomic E-state index is -3.55. The van der Waals surface area contributed by atoms with E-state index in [2.05, 4.69) is 0 Å². The number of carbonyl (C=O) groups is 3. The van der Waals surface area contributed by atoms with Gasteiger partial charge in [-0.2, -0.15) is 0 Å². The SMILES string of the molecule is CN(C)C(=O)CC(F)(C(=O)O)C(=O)O. The molecule has 0 aromatic carbocycles. The monoisotopic (exact) mass is 207 g/mol. The van der Waals surface area contributed by atoms with Crippen molar-refractivity contribution < 1.29 is 29.0 Å². The summed E-state index contributed by atoms with van der Waals surface area (Å²) in [6.07, 6.45) is -1.22. The maximum atomic E-state index is 13.2. The van der Waals surface area contributed by atoms with Crippen LogP contribution in [0.3, 0.4) is 0 Å². The molecule has 0 radical (unpaired) electrons. The van der Waals surface area contributed by atoms with Crippen LogP contribution in [0.1, 0.15) is 6.42 Å². The Morgan fingerprint density at radius 1 is 1.21 bits per heavy atom. The van der Waals surface area contributed by atoms with E-state index in [-0.39, 0.29) is 0 Å². The van der Waals surface area contributed by atoms with Gasteiger partial charge in [0, 0.05) is 14.1 Å². The molecule has 0 saturated heterocycles. The predicted octanol–water partition coefficient (Wildman–Crippen LogP) is -0.658. The molecule has 0 aromatic rings. The first kappa shape index (κ1) is 12.3. The Labute approximate surface area is 78.9 Å². The number of amides is 1. The molecule has 0 aromatic heterocycles. The molecule has 0 bridgehead atoms. The van der Waals surface area contributed by atoms with Gasteiger partial charge in [-0.25, -0.2) is 14.0 Å². The average molecular weight is 207 g/mol. The first-order valence-corrected chi connectivity index (χ1v) is 3.57. The van der Waals surface area contributed by atoms with E-state index in [0.29, 0.717) is 0 Å². The second-order valence-electron chi connectivity index (χ2n) is 2.88. The highest BCUT2D eigenvalue weighted by Crippen LogP contribution is 2.18. The highest BCUT2D eigenvalue weighted by molar-refractivity contribution is 6.05. The van der Waals surface area contributed by atoms with Crippen molar-refractivity contribution in [2.45, 2.75) is 12.1 Å². The van der Waals surface area contributed by atoms with Crippen LogP contribution in [0, 0.1) is 0 Å². The summed E-state index contributed by atoms with van der Waals surface area (Å²) >= 11 is 0. The minimum absolute atomic E-state index is 0.905. The van der Waals surface area contributed by atoms with Crippen molar-refractivity contribution >= 4 is 17.8 Å². The van der Waals surface area contributed by atoms with Crippen LogP contribution in [0.15, 0.2) is 0 Å². The van der Waals surface area contributed by atoms with Crippen LogP contribution in [-0.2, 0) is 14.4 Å². The fraction of sp³-hybridized carbons (Fsp3) is 0.571. The van der Waals surface area contributed by atoms with E-state index < -0.39 is 29.9 Å². The number of alkyl halides is 1. The van der Waals surface area contributed by atoms with Crippen LogP contribution in [0.25, 0.3) is 0 Å². The lowest BCUT2D eigenvalue weighted by Gasteiger charge is -2.17. The third-order valence-electron chi connectivity index (χ3n) is 1.57. The molecule has 80 valence electrons. The zero-order valence-corrected chi connectivity index (χ0v) is 7.65. The lowest BCUT2D eigenvalue weighted by Crippen LogP contribution is -2.46. The van der Waals surface area contributed by atoms with Gasteiger partial charge in [-0.15, -0.1) is 0 Å². The minimum Gasteiger partial charge on any atom is -0.478 e. The standard InChI is InChI=1S/C7H10FNO5/c1-9(2)4(10)3-7(8,5(11)12)6(13)14/h3H2,1-2H3,(H,11,12)(H,13,14). The van der Waals surface area contributed by atoms with Crippen molar-refractivity contribution in [3.8, 4) is 0 Å². The van der Waals surface area contributed by atoms with Gasteiger partial charge in [0.25, 0.3) is 0 Å². The topological polar surface area (TPSA) is 94.9 Å². The molecule has 7 heteroatoms. The summed E-state index contributed by atoms with van der Waals surface area (Å²) in [5, 5.41) is 16.6. The van der Waals surface area contributed by atoms with Crippen LogP contribution >= 0.6 is 0 Å². The Bertz CT molecular complexity index is 261. The quantitative estimate of drug-likeness (QED) is 0.597. The number of halogens is 1. The van der Waals surface area contributed by atoms with Crippen LogP contribution in [-0.4, -0.2) is 52.7 Å². The van der Waals surface area contributed by atoms with Gasteiger partial charge in [0.05, 0.1) is 6.42 Å². The highest BCUT2D eigenvalue weighted by atomic mass is 19.1. The highest BCUT2D eigenvalue weighted by Gasteiger charge is 2.49. The Morgan fingerprint density at radius 3 is 1.79 bits per heavy atom. The summed E-state index contributed by atoms with van der Waals surface area (Å²) in [5.74, 6) is -5.27. The Kier molecular flexibility index (Phi) is 3.55. The molecule has 2 N–H and O–H groups in total. The van der Waals surface area contributed by atoms with Gasteiger partial charge >= 0.3 is 17.6 Å². The zero-order chi connectivity index (χ0) is 11.5. The predicted molar refractivity (Wildman–Crippen MR) is 42.4 cm³/mol. The van der Waals surface area contributed by atoms with Crippen molar-refractivity contribution in [1.29, 1.82) is 0 Å². The average Bonchev–Trinajstić information content (AvgIpc) is 2.02. The van der Waals surface area contributed by atoms with E-state index in [1.54, 1.807) is 0 Å². The second kappa shape index (κ2) is 4.03. The van der Waals surface area contributed by atoms with E-state index in [0.717, 1.165) is 4.90 Å². The number of carboxylic acids is 2. The molecule has 0 heterocycles. The lowest BCUT2D eigenvalue weighted by atomic mass is 10.0. The molecule has 0 aliphatic rings. The third-order valence-corrected chi connectivity index (χ3v) is 1.57. The fourth-order valence-electron chi connectivity index (χ4n) is 0.609. The molecule has 0 spiro atoms. The maximum Gasteiger partial charge on any atom is 0.353 e. The molecule has 0 rings (SSSR count). The summed E-state index contributed by atoms with van der Waals surface area (Å²) in [5.41, 5.74) is -3.55. The molecule has 0 saturated carbocycles. The number of aliphatic carboxylic acids is 2. The number of carboxylic acid groups (broad SMARTS) is 2. The van der Waals surface area contributed by atoms with Crippen LogP contribution in [0.2, 0.25) is 0 Å². The van der Waals surface area contributed by atoms with Crippen molar-refractivity contribution in [3.63, 3.8) is 0 Å². The van der Waals surface area contributed by atoms with Crippen molar-refractivity contribution in [2.75, 3.05) is 14.1 Å². The Hall–Kier alpha value is -1.66. The molecular formula is C7H10FNO5. The Balaban J connectivity index is 4.80. The molecule has 0 unspecified atom stereocenters. The third kappa shape index (κ3) is 2.41.